The summed E-state index contributed by atoms with van der Waals surface area (Å²) in [6, 6.07) is 5.77. The van der Waals surface area contributed by atoms with Gasteiger partial charge < -0.3 is 20.5 Å². The van der Waals surface area contributed by atoms with Crippen LogP contribution in [0.2, 0.25) is 0 Å². The fraction of sp³-hybridized carbons (Fsp3) is 0.588. The monoisotopic (exact) mass is 376 g/mol. The summed E-state index contributed by atoms with van der Waals surface area (Å²) in [7, 11) is 0. The molecule has 2 aliphatic rings. The molecular formula is C17H23ClF2N2O3. The van der Waals surface area contributed by atoms with Crippen LogP contribution in [-0.2, 0) is 4.79 Å². The number of carbonyl (C=O) groups is 1. The van der Waals surface area contributed by atoms with Crippen LogP contribution in [0.3, 0.4) is 0 Å². The number of benzene rings is 1. The molecule has 1 saturated heterocycles. The van der Waals surface area contributed by atoms with Crippen molar-refractivity contribution < 1.29 is 23.4 Å². The summed E-state index contributed by atoms with van der Waals surface area (Å²) < 4.78 is 28.5. The van der Waals surface area contributed by atoms with E-state index in [1.54, 1.807) is 0 Å². The van der Waals surface area contributed by atoms with E-state index in [0.29, 0.717) is 5.56 Å². The lowest BCUT2D eigenvalue weighted by atomic mass is 9.92. The van der Waals surface area contributed by atoms with Gasteiger partial charge in [0.1, 0.15) is 5.75 Å². The second-order valence-corrected chi connectivity index (χ2v) is 6.58. The summed E-state index contributed by atoms with van der Waals surface area (Å²) in [6.07, 6.45) is 2.10. The fourth-order valence-corrected chi connectivity index (χ4v) is 3.51. The minimum absolute atomic E-state index is 0. The van der Waals surface area contributed by atoms with Crippen molar-refractivity contribution in [2.24, 2.45) is 11.3 Å². The van der Waals surface area contributed by atoms with Gasteiger partial charge in [0.2, 0.25) is 5.91 Å². The maximum Gasteiger partial charge on any atom is 0.387 e. The van der Waals surface area contributed by atoms with Crippen LogP contribution in [0.15, 0.2) is 24.3 Å². The number of nitrogens with one attached hydrogen (secondary N) is 2. The van der Waals surface area contributed by atoms with Crippen molar-refractivity contribution in [2.75, 3.05) is 19.6 Å². The summed E-state index contributed by atoms with van der Waals surface area (Å²) in [5.74, 6) is 0.0815. The van der Waals surface area contributed by atoms with Crippen LogP contribution in [0.5, 0.6) is 5.75 Å². The molecule has 5 nitrogen and oxygen atoms in total. The zero-order valence-corrected chi connectivity index (χ0v) is 14.5. The number of aliphatic hydroxyl groups is 1. The summed E-state index contributed by atoms with van der Waals surface area (Å²) in [5.41, 5.74) is 0.707. The van der Waals surface area contributed by atoms with Crippen molar-refractivity contribution in [3.8, 4) is 5.75 Å². The number of ether oxygens (including phenoxy) is 1. The maximum absolute atomic E-state index is 12.2. The number of rotatable bonds is 6. The Labute approximate surface area is 151 Å². The third-order valence-electron chi connectivity index (χ3n) is 5.07. The van der Waals surface area contributed by atoms with Gasteiger partial charge in [0.25, 0.3) is 0 Å². The molecule has 140 valence electrons. The lowest BCUT2D eigenvalue weighted by molar-refractivity contribution is -0.123. The van der Waals surface area contributed by atoms with Gasteiger partial charge in [-0.15, -0.1) is 12.4 Å². The molecular weight excluding hydrogens is 354 g/mol. The Balaban J connectivity index is 0.00000225. The highest BCUT2D eigenvalue weighted by Crippen LogP contribution is 2.58. The molecule has 3 rings (SSSR count). The number of aliphatic hydroxyl groups excluding tert-OH is 1. The Morgan fingerprint density at radius 2 is 1.96 bits per heavy atom. The van der Waals surface area contributed by atoms with Gasteiger partial charge in [-0.25, -0.2) is 0 Å². The Morgan fingerprint density at radius 1 is 1.32 bits per heavy atom. The number of alkyl halides is 2. The molecule has 2 fully saturated rings. The van der Waals surface area contributed by atoms with Gasteiger partial charge in [-0.05, 0) is 55.5 Å². The van der Waals surface area contributed by atoms with E-state index in [9.17, 15) is 18.7 Å². The second kappa shape index (κ2) is 8.29. The predicted octanol–water partition coefficient (Wildman–Crippen LogP) is 2.25. The zero-order valence-electron chi connectivity index (χ0n) is 13.7. The summed E-state index contributed by atoms with van der Waals surface area (Å²) in [4.78, 5) is 12.2. The molecule has 1 aliphatic carbocycles. The fourth-order valence-electron chi connectivity index (χ4n) is 3.51. The molecule has 0 aromatic heterocycles. The lowest BCUT2D eigenvalue weighted by Gasteiger charge is -2.23. The first-order valence-electron chi connectivity index (χ1n) is 8.21. The van der Waals surface area contributed by atoms with Crippen molar-refractivity contribution in [3.05, 3.63) is 29.8 Å². The summed E-state index contributed by atoms with van der Waals surface area (Å²) in [6.45, 7) is -0.849. The highest BCUT2D eigenvalue weighted by atomic mass is 35.5. The van der Waals surface area contributed by atoms with E-state index in [-0.39, 0.29) is 41.9 Å². The zero-order chi connectivity index (χ0) is 17.2. The Morgan fingerprint density at radius 3 is 2.56 bits per heavy atom. The highest BCUT2D eigenvalue weighted by Gasteiger charge is 2.57. The van der Waals surface area contributed by atoms with Crippen molar-refractivity contribution >= 4 is 18.3 Å². The van der Waals surface area contributed by atoms with E-state index >= 15 is 0 Å². The molecule has 1 aromatic carbocycles. The molecule has 8 heteroatoms. The SMILES string of the molecule is Cl.O=C(NCC(O)c1ccc(OC(F)F)cc1)C1CC12CCNCC2. The number of hydrogen-bond donors (Lipinski definition) is 3. The third kappa shape index (κ3) is 4.80. The minimum Gasteiger partial charge on any atom is -0.435 e. The molecule has 1 amide bonds. The van der Waals surface area contributed by atoms with Gasteiger partial charge in [0.05, 0.1) is 6.10 Å². The van der Waals surface area contributed by atoms with Crippen LogP contribution in [0.25, 0.3) is 0 Å². The topological polar surface area (TPSA) is 70.6 Å². The highest BCUT2D eigenvalue weighted by molar-refractivity contribution is 5.85. The van der Waals surface area contributed by atoms with Crippen LogP contribution in [0, 0.1) is 11.3 Å². The average Bonchev–Trinajstić information content (AvgIpc) is 3.26. The van der Waals surface area contributed by atoms with Crippen LogP contribution < -0.4 is 15.4 Å². The smallest absolute Gasteiger partial charge is 0.387 e. The molecule has 2 unspecified atom stereocenters. The average molecular weight is 377 g/mol. The summed E-state index contributed by atoms with van der Waals surface area (Å²) in [5, 5.41) is 16.2. The van der Waals surface area contributed by atoms with Crippen LogP contribution in [-0.4, -0.2) is 37.3 Å². The number of hydrogen-bond acceptors (Lipinski definition) is 4. The largest absolute Gasteiger partial charge is 0.435 e. The van der Waals surface area contributed by atoms with E-state index in [0.717, 1.165) is 32.4 Å². The van der Waals surface area contributed by atoms with Crippen LogP contribution >= 0.6 is 12.4 Å². The van der Waals surface area contributed by atoms with Crippen LogP contribution in [0.4, 0.5) is 8.78 Å². The maximum atomic E-state index is 12.2. The van der Waals surface area contributed by atoms with Crippen molar-refractivity contribution in [1.82, 2.24) is 10.6 Å². The van der Waals surface area contributed by atoms with Gasteiger partial charge >= 0.3 is 6.61 Å². The van der Waals surface area contributed by atoms with Crippen LogP contribution in [0.1, 0.15) is 30.9 Å². The third-order valence-corrected chi connectivity index (χ3v) is 5.07. The predicted molar refractivity (Wildman–Crippen MR) is 90.9 cm³/mol. The molecule has 2 atom stereocenters. The normalized spacial score (nSPS) is 22.2. The molecule has 25 heavy (non-hydrogen) atoms. The van der Waals surface area contributed by atoms with Gasteiger partial charge in [-0.1, -0.05) is 12.1 Å². The molecule has 0 bridgehead atoms. The van der Waals surface area contributed by atoms with E-state index < -0.39 is 12.7 Å². The number of amides is 1. The Hall–Kier alpha value is -1.44. The Bertz CT molecular complexity index is 580. The van der Waals surface area contributed by atoms with Crippen molar-refractivity contribution in [3.63, 3.8) is 0 Å². The molecule has 1 spiro atoms. The molecule has 1 aliphatic heterocycles. The first-order chi connectivity index (χ1) is 11.5. The summed E-state index contributed by atoms with van der Waals surface area (Å²) >= 11 is 0. The quantitative estimate of drug-likeness (QED) is 0.712. The van der Waals surface area contributed by atoms with Gasteiger partial charge in [0.15, 0.2) is 0 Å². The standard InChI is InChI=1S/C17H22F2N2O3.ClH/c18-16(19)24-12-3-1-11(2-4-12)14(22)10-21-15(23)13-9-17(13)5-7-20-8-6-17;/h1-4,13-14,16,20,22H,5-10H2,(H,21,23);1H. The number of piperidine rings is 1. The lowest BCUT2D eigenvalue weighted by Crippen LogP contribution is -2.35. The van der Waals surface area contributed by atoms with Crippen molar-refractivity contribution in [2.45, 2.75) is 32.0 Å². The van der Waals surface area contributed by atoms with Gasteiger partial charge in [-0.3, -0.25) is 4.79 Å². The first kappa shape index (κ1) is 19.9. The molecule has 1 heterocycles. The molecule has 1 aromatic rings. The number of halogens is 3. The minimum atomic E-state index is -2.87. The molecule has 3 N–H and O–H groups in total. The molecule has 1 saturated carbocycles. The van der Waals surface area contributed by atoms with Gasteiger partial charge in [0, 0.05) is 12.5 Å². The number of carbonyl (C=O) groups excluding carboxylic acids is 1. The van der Waals surface area contributed by atoms with E-state index in [1.165, 1.54) is 24.3 Å². The van der Waals surface area contributed by atoms with Crippen molar-refractivity contribution in [1.29, 1.82) is 0 Å². The second-order valence-electron chi connectivity index (χ2n) is 6.58. The van der Waals surface area contributed by atoms with E-state index in [1.807, 2.05) is 0 Å². The van der Waals surface area contributed by atoms with E-state index in [2.05, 4.69) is 15.4 Å². The molecule has 0 radical (unpaired) electrons. The van der Waals surface area contributed by atoms with Gasteiger partial charge in [-0.2, -0.15) is 8.78 Å². The Kier molecular flexibility index (Phi) is 6.59. The van der Waals surface area contributed by atoms with E-state index in [4.69, 9.17) is 0 Å². The first-order valence-corrected chi connectivity index (χ1v) is 8.21.